The van der Waals surface area contributed by atoms with Gasteiger partial charge in [0, 0.05) is 5.69 Å². The summed E-state index contributed by atoms with van der Waals surface area (Å²) in [4.78, 5) is 11.2. The summed E-state index contributed by atoms with van der Waals surface area (Å²) in [5.74, 6) is -0.177. The van der Waals surface area contributed by atoms with Crippen LogP contribution in [0.1, 0.15) is 18.9 Å². The molecule has 0 unspecified atom stereocenters. The number of rotatable bonds is 6. The zero-order valence-corrected chi connectivity index (χ0v) is 9.99. The Labute approximate surface area is 102 Å². The van der Waals surface area contributed by atoms with Gasteiger partial charge in [-0.15, -0.1) is 0 Å². The van der Waals surface area contributed by atoms with Crippen molar-refractivity contribution in [3.63, 3.8) is 0 Å². The Morgan fingerprint density at radius 1 is 1.35 bits per heavy atom. The second kappa shape index (κ2) is 7.29. The first-order chi connectivity index (χ1) is 8.26. The molecule has 0 saturated heterocycles. The standard InChI is InChI=1S/C13H17N3O/c1-2-3-11-4-6-12(7-5-11)16-10-13(17)15-9-8-14/h4-7,16H,2-3,9-10H2,1H3,(H,15,17). The minimum atomic E-state index is -0.177. The van der Waals surface area contributed by atoms with Crippen LogP contribution in [0, 0.1) is 11.3 Å². The first-order valence-electron chi connectivity index (χ1n) is 5.72. The molecule has 1 rings (SSSR count). The number of hydrogen-bond acceptors (Lipinski definition) is 3. The molecule has 0 atom stereocenters. The average Bonchev–Trinajstić information content (AvgIpc) is 2.36. The van der Waals surface area contributed by atoms with Crippen molar-refractivity contribution in [2.45, 2.75) is 19.8 Å². The molecule has 1 aromatic carbocycles. The number of carbonyl (C=O) groups excluding carboxylic acids is 1. The van der Waals surface area contributed by atoms with Gasteiger partial charge >= 0.3 is 0 Å². The van der Waals surface area contributed by atoms with Gasteiger partial charge in [-0.3, -0.25) is 4.79 Å². The van der Waals surface area contributed by atoms with E-state index in [1.54, 1.807) is 0 Å². The molecule has 4 nitrogen and oxygen atoms in total. The molecule has 0 fully saturated rings. The zero-order chi connectivity index (χ0) is 12.5. The minimum absolute atomic E-state index is 0.0515. The van der Waals surface area contributed by atoms with Gasteiger partial charge in [0.1, 0.15) is 6.54 Å². The van der Waals surface area contributed by atoms with Crippen molar-refractivity contribution >= 4 is 11.6 Å². The van der Waals surface area contributed by atoms with E-state index in [0.29, 0.717) is 0 Å². The third-order valence-electron chi connectivity index (χ3n) is 2.31. The number of nitrogens with one attached hydrogen (secondary N) is 2. The number of hydrogen-bond donors (Lipinski definition) is 2. The smallest absolute Gasteiger partial charge is 0.240 e. The predicted molar refractivity (Wildman–Crippen MR) is 67.5 cm³/mol. The first kappa shape index (κ1) is 13.0. The van der Waals surface area contributed by atoms with E-state index in [1.807, 2.05) is 18.2 Å². The van der Waals surface area contributed by atoms with Crippen LogP contribution in [0.2, 0.25) is 0 Å². The molecule has 90 valence electrons. The second-order valence-corrected chi connectivity index (χ2v) is 3.74. The maximum absolute atomic E-state index is 11.2. The largest absolute Gasteiger partial charge is 0.376 e. The molecule has 0 aliphatic heterocycles. The lowest BCUT2D eigenvalue weighted by atomic mass is 10.1. The highest BCUT2D eigenvalue weighted by molar-refractivity contribution is 5.80. The molecule has 0 heterocycles. The van der Waals surface area contributed by atoms with E-state index in [4.69, 9.17) is 5.26 Å². The molecule has 1 aromatic rings. The van der Waals surface area contributed by atoms with Gasteiger partial charge in [-0.05, 0) is 24.1 Å². The van der Waals surface area contributed by atoms with E-state index in [1.165, 1.54) is 5.56 Å². The van der Waals surface area contributed by atoms with Gasteiger partial charge in [-0.1, -0.05) is 25.5 Å². The van der Waals surface area contributed by atoms with Gasteiger partial charge in [-0.2, -0.15) is 5.26 Å². The molecule has 2 N–H and O–H groups in total. The van der Waals surface area contributed by atoms with Crippen LogP contribution >= 0.6 is 0 Å². The minimum Gasteiger partial charge on any atom is -0.376 e. The molecule has 0 aliphatic carbocycles. The maximum Gasteiger partial charge on any atom is 0.240 e. The molecule has 0 saturated carbocycles. The van der Waals surface area contributed by atoms with Crippen LogP contribution in [0.3, 0.4) is 0 Å². The predicted octanol–water partition coefficient (Wildman–Crippen LogP) is 1.69. The van der Waals surface area contributed by atoms with Crippen molar-refractivity contribution in [2.24, 2.45) is 0 Å². The summed E-state index contributed by atoms with van der Waals surface area (Å²) in [6.45, 7) is 2.39. The van der Waals surface area contributed by atoms with Crippen molar-refractivity contribution in [3.05, 3.63) is 29.8 Å². The fraction of sp³-hybridized carbons (Fsp3) is 0.385. The quantitative estimate of drug-likeness (QED) is 0.732. The van der Waals surface area contributed by atoms with Crippen LogP contribution in [0.4, 0.5) is 5.69 Å². The number of carbonyl (C=O) groups is 1. The highest BCUT2D eigenvalue weighted by Crippen LogP contribution is 2.10. The van der Waals surface area contributed by atoms with Gasteiger partial charge in [-0.25, -0.2) is 0 Å². The Bertz CT molecular complexity index is 392. The normalized spacial score (nSPS) is 9.41. The molecule has 1 amide bonds. The van der Waals surface area contributed by atoms with Crippen molar-refractivity contribution < 1.29 is 4.79 Å². The van der Waals surface area contributed by atoms with E-state index < -0.39 is 0 Å². The summed E-state index contributed by atoms with van der Waals surface area (Å²) in [5.41, 5.74) is 2.21. The molecule has 0 aromatic heterocycles. The van der Waals surface area contributed by atoms with Gasteiger partial charge in [0.15, 0.2) is 0 Å². The summed E-state index contributed by atoms with van der Waals surface area (Å²) >= 11 is 0. The molecule has 0 aliphatic rings. The third-order valence-corrected chi connectivity index (χ3v) is 2.31. The number of nitrogens with zero attached hydrogens (tertiary/aromatic N) is 1. The SMILES string of the molecule is CCCc1ccc(NCC(=O)NCC#N)cc1. The van der Waals surface area contributed by atoms with Crippen molar-refractivity contribution in [2.75, 3.05) is 18.4 Å². The molecular formula is C13H17N3O. The monoisotopic (exact) mass is 231 g/mol. The van der Waals surface area contributed by atoms with Gasteiger partial charge < -0.3 is 10.6 Å². The molecule has 0 radical (unpaired) electrons. The molecular weight excluding hydrogens is 214 g/mol. The summed E-state index contributed by atoms with van der Waals surface area (Å²) in [6, 6.07) is 9.89. The summed E-state index contributed by atoms with van der Waals surface area (Å²) in [6.07, 6.45) is 2.20. The highest BCUT2D eigenvalue weighted by Gasteiger charge is 1.99. The Hall–Kier alpha value is -2.02. The fourth-order valence-corrected chi connectivity index (χ4v) is 1.46. The summed E-state index contributed by atoms with van der Waals surface area (Å²) in [5, 5.41) is 13.8. The second-order valence-electron chi connectivity index (χ2n) is 3.74. The number of nitriles is 1. The lowest BCUT2D eigenvalue weighted by Crippen LogP contribution is -2.29. The van der Waals surface area contributed by atoms with Crippen LogP contribution in [0.25, 0.3) is 0 Å². The molecule has 0 bridgehead atoms. The Morgan fingerprint density at radius 2 is 2.06 bits per heavy atom. The van der Waals surface area contributed by atoms with Crippen LogP contribution in [0.5, 0.6) is 0 Å². The topological polar surface area (TPSA) is 64.9 Å². The Balaban J connectivity index is 2.37. The van der Waals surface area contributed by atoms with Gasteiger partial charge in [0.2, 0.25) is 5.91 Å². The van der Waals surface area contributed by atoms with E-state index >= 15 is 0 Å². The van der Waals surface area contributed by atoms with Crippen LogP contribution in [-0.2, 0) is 11.2 Å². The molecule has 4 heteroatoms. The summed E-state index contributed by atoms with van der Waals surface area (Å²) < 4.78 is 0. The van der Waals surface area contributed by atoms with Crippen LogP contribution in [-0.4, -0.2) is 19.0 Å². The summed E-state index contributed by atoms with van der Waals surface area (Å²) in [7, 11) is 0. The van der Waals surface area contributed by atoms with Crippen molar-refractivity contribution in [1.29, 1.82) is 5.26 Å². The van der Waals surface area contributed by atoms with Crippen molar-refractivity contribution in [3.8, 4) is 6.07 Å². The van der Waals surface area contributed by atoms with E-state index in [9.17, 15) is 4.79 Å². The molecule has 0 spiro atoms. The number of aryl methyl sites for hydroxylation is 1. The maximum atomic E-state index is 11.2. The molecule has 17 heavy (non-hydrogen) atoms. The van der Waals surface area contributed by atoms with E-state index in [2.05, 4.69) is 29.7 Å². The number of anilines is 1. The average molecular weight is 231 g/mol. The Kier molecular flexibility index (Phi) is 5.59. The first-order valence-corrected chi connectivity index (χ1v) is 5.72. The Morgan fingerprint density at radius 3 is 2.65 bits per heavy atom. The number of amides is 1. The van der Waals surface area contributed by atoms with Gasteiger partial charge in [0.05, 0.1) is 12.6 Å². The van der Waals surface area contributed by atoms with E-state index in [0.717, 1.165) is 18.5 Å². The van der Waals surface area contributed by atoms with Gasteiger partial charge in [0.25, 0.3) is 0 Å². The zero-order valence-electron chi connectivity index (χ0n) is 9.99. The number of benzene rings is 1. The van der Waals surface area contributed by atoms with Crippen LogP contribution in [0.15, 0.2) is 24.3 Å². The highest BCUT2D eigenvalue weighted by atomic mass is 16.1. The van der Waals surface area contributed by atoms with E-state index in [-0.39, 0.29) is 19.0 Å². The fourth-order valence-electron chi connectivity index (χ4n) is 1.46. The van der Waals surface area contributed by atoms with Crippen LogP contribution < -0.4 is 10.6 Å². The van der Waals surface area contributed by atoms with Crippen molar-refractivity contribution in [1.82, 2.24) is 5.32 Å². The lowest BCUT2D eigenvalue weighted by molar-refractivity contribution is -0.119. The third kappa shape index (κ3) is 5.03. The lowest BCUT2D eigenvalue weighted by Gasteiger charge is -2.06.